The van der Waals surface area contributed by atoms with Gasteiger partial charge in [0.1, 0.15) is 23.5 Å². The minimum absolute atomic E-state index is 0.212. The van der Waals surface area contributed by atoms with Crippen molar-refractivity contribution in [2.45, 2.75) is 25.9 Å². The van der Waals surface area contributed by atoms with Crippen molar-refractivity contribution in [3.8, 4) is 5.75 Å². The molecule has 0 unspecified atom stereocenters. The zero-order valence-corrected chi connectivity index (χ0v) is 15.3. The molecule has 126 valence electrons. The molecule has 1 aromatic heterocycles. The highest BCUT2D eigenvalue weighted by atomic mass is 35.5. The van der Waals surface area contributed by atoms with Crippen molar-refractivity contribution >= 4 is 40.3 Å². The van der Waals surface area contributed by atoms with Crippen LogP contribution in [0.5, 0.6) is 5.75 Å². The highest BCUT2D eigenvalue weighted by Crippen LogP contribution is 2.30. The summed E-state index contributed by atoms with van der Waals surface area (Å²) in [6.45, 7) is 0.845. The molecule has 0 amide bonds. The molecule has 1 aliphatic rings. The summed E-state index contributed by atoms with van der Waals surface area (Å²) >= 11 is 12.9. The van der Waals surface area contributed by atoms with Crippen molar-refractivity contribution in [1.82, 2.24) is 0 Å². The van der Waals surface area contributed by atoms with Crippen molar-refractivity contribution < 1.29 is 9.57 Å². The van der Waals surface area contributed by atoms with Crippen LogP contribution in [-0.4, -0.2) is 12.3 Å². The molecule has 0 fully saturated rings. The number of nitrogens with zero attached hydrogens (tertiary/aromatic N) is 1. The summed E-state index contributed by atoms with van der Waals surface area (Å²) in [4.78, 5) is 5.54. The quantitative estimate of drug-likeness (QED) is 0.600. The lowest BCUT2D eigenvalue weighted by atomic mass is 9.89. The highest BCUT2D eigenvalue weighted by Gasteiger charge is 2.19. The molecule has 24 heavy (non-hydrogen) atoms. The van der Waals surface area contributed by atoms with Crippen molar-refractivity contribution in [2.75, 3.05) is 6.61 Å². The lowest BCUT2D eigenvalue weighted by molar-refractivity contribution is 0.130. The molecular weight excluding hydrogens is 365 g/mol. The van der Waals surface area contributed by atoms with Gasteiger partial charge in [0.25, 0.3) is 0 Å². The number of ether oxygens (including phenoxy) is 1. The molecule has 0 saturated heterocycles. The number of rotatable bonds is 6. The van der Waals surface area contributed by atoms with E-state index in [1.807, 2.05) is 23.6 Å². The normalized spacial score (nSPS) is 15.0. The zero-order chi connectivity index (χ0) is 16.8. The predicted molar refractivity (Wildman–Crippen MR) is 100 cm³/mol. The number of oxime groups is 1. The van der Waals surface area contributed by atoms with Crippen LogP contribution in [0.1, 0.15) is 29.5 Å². The molecule has 6 heteroatoms. The predicted octanol–water partition coefficient (Wildman–Crippen LogP) is 5.70. The van der Waals surface area contributed by atoms with Gasteiger partial charge >= 0.3 is 0 Å². The van der Waals surface area contributed by atoms with Crippen LogP contribution in [0.25, 0.3) is 0 Å². The van der Waals surface area contributed by atoms with E-state index in [0.29, 0.717) is 13.2 Å². The third kappa shape index (κ3) is 4.53. The van der Waals surface area contributed by atoms with Gasteiger partial charge in [-0.05, 0) is 48.2 Å². The van der Waals surface area contributed by atoms with Gasteiger partial charge in [-0.1, -0.05) is 40.5 Å². The monoisotopic (exact) mass is 381 g/mol. The second kappa shape index (κ2) is 8.56. The molecular formula is C18H17Cl2NO2S. The minimum Gasteiger partial charge on any atom is -0.489 e. The number of hydrogen-bond donors (Lipinski definition) is 0. The molecule has 1 heterocycles. The Labute approximate surface area is 155 Å². The highest BCUT2D eigenvalue weighted by molar-refractivity contribution is 7.07. The van der Waals surface area contributed by atoms with E-state index >= 15 is 0 Å². The first-order valence-corrected chi connectivity index (χ1v) is 9.40. The van der Waals surface area contributed by atoms with E-state index in [-0.39, 0.29) is 4.49 Å². The third-order valence-corrected chi connectivity index (χ3v) is 4.79. The van der Waals surface area contributed by atoms with E-state index in [9.17, 15) is 0 Å². The van der Waals surface area contributed by atoms with Crippen molar-refractivity contribution in [3.05, 3.63) is 62.3 Å². The zero-order valence-electron chi connectivity index (χ0n) is 13.0. The van der Waals surface area contributed by atoms with Crippen molar-refractivity contribution in [1.29, 1.82) is 0 Å². The van der Waals surface area contributed by atoms with Gasteiger partial charge in [-0.2, -0.15) is 11.3 Å². The van der Waals surface area contributed by atoms with Crippen LogP contribution in [0.15, 0.2) is 50.7 Å². The van der Waals surface area contributed by atoms with Gasteiger partial charge in [0.05, 0.1) is 5.71 Å². The second-order valence-electron chi connectivity index (χ2n) is 5.38. The van der Waals surface area contributed by atoms with Crippen LogP contribution in [0, 0.1) is 0 Å². The summed E-state index contributed by atoms with van der Waals surface area (Å²) < 4.78 is 6.00. The molecule has 0 saturated carbocycles. The van der Waals surface area contributed by atoms with Gasteiger partial charge in [-0.25, -0.2) is 0 Å². The van der Waals surface area contributed by atoms with Crippen LogP contribution in [0.2, 0.25) is 0 Å². The molecule has 0 radical (unpaired) electrons. The summed E-state index contributed by atoms with van der Waals surface area (Å²) in [5.74, 6) is 0.851. The lowest BCUT2D eigenvalue weighted by Gasteiger charge is -2.20. The van der Waals surface area contributed by atoms with E-state index in [2.05, 4.69) is 16.6 Å². The van der Waals surface area contributed by atoms with E-state index in [4.69, 9.17) is 32.8 Å². The van der Waals surface area contributed by atoms with E-state index in [1.54, 1.807) is 17.4 Å². The summed E-state index contributed by atoms with van der Waals surface area (Å²) in [5.41, 5.74) is 4.39. The maximum atomic E-state index is 5.79. The lowest BCUT2D eigenvalue weighted by Crippen LogP contribution is -2.14. The molecule has 0 bridgehead atoms. The minimum atomic E-state index is 0.212. The van der Waals surface area contributed by atoms with E-state index in [0.717, 1.165) is 41.9 Å². The smallest absolute Gasteiger partial charge is 0.143 e. The number of halogens is 2. The van der Waals surface area contributed by atoms with Gasteiger partial charge in [0.2, 0.25) is 0 Å². The molecule has 3 rings (SSSR count). The maximum Gasteiger partial charge on any atom is 0.143 e. The molecule has 0 N–H and O–H groups in total. The number of benzene rings is 1. The molecule has 0 aliphatic heterocycles. The molecule has 0 spiro atoms. The Morgan fingerprint density at radius 1 is 1.25 bits per heavy atom. The Morgan fingerprint density at radius 2 is 2.17 bits per heavy atom. The summed E-state index contributed by atoms with van der Waals surface area (Å²) in [6, 6.07) is 8.05. The molecule has 1 aromatic carbocycles. The fraction of sp³-hybridized carbons (Fsp3) is 0.278. The summed E-state index contributed by atoms with van der Waals surface area (Å²) in [7, 11) is 0. The molecule has 0 atom stereocenters. The Balaban J connectivity index is 1.73. The molecule has 2 aromatic rings. The van der Waals surface area contributed by atoms with Gasteiger partial charge < -0.3 is 9.57 Å². The van der Waals surface area contributed by atoms with Gasteiger partial charge in [-0.15, -0.1) is 0 Å². The number of hydrogen-bond acceptors (Lipinski definition) is 4. The van der Waals surface area contributed by atoms with Crippen molar-refractivity contribution in [3.63, 3.8) is 0 Å². The second-order valence-corrected chi connectivity index (χ2v) is 7.17. The largest absolute Gasteiger partial charge is 0.489 e. The SMILES string of the molecule is ClC(Cl)=CCOc1cccc2c1CCC/C2=N\OCc1ccsc1. The van der Waals surface area contributed by atoms with Gasteiger partial charge in [0.15, 0.2) is 0 Å². The van der Waals surface area contributed by atoms with Gasteiger partial charge in [-0.3, -0.25) is 0 Å². The van der Waals surface area contributed by atoms with E-state index < -0.39 is 0 Å². The third-order valence-electron chi connectivity index (χ3n) is 3.75. The van der Waals surface area contributed by atoms with Crippen molar-refractivity contribution in [2.24, 2.45) is 5.16 Å². The van der Waals surface area contributed by atoms with Crippen LogP contribution < -0.4 is 4.74 Å². The maximum absolute atomic E-state index is 5.79. The first kappa shape index (κ1) is 17.3. The topological polar surface area (TPSA) is 30.8 Å². The van der Waals surface area contributed by atoms with E-state index in [1.165, 1.54) is 5.56 Å². The Morgan fingerprint density at radius 3 is 2.96 bits per heavy atom. The van der Waals surface area contributed by atoms with Crippen LogP contribution in [0.3, 0.4) is 0 Å². The van der Waals surface area contributed by atoms with Crippen LogP contribution in [-0.2, 0) is 17.9 Å². The average Bonchev–Trinajstić information content (AvgIpc) is 3.08. The first-order chi connectivity index (χ1) is 11.7. The van der Waals surface area contributed by atoms with Crippen LogP contribution in [0.4, 0.5) is 0 Å². The number of thiophene rings is 1. The fourth-order valence-corrected chi connectivity index (χ4v) is 3.42. The molecule has 1 aliphatic carbocycles. The first-order valence-electron chi connectivity index (χ1n) is 7.70. The van der Waals surface area contributed by atoms with Gasteiger partial charge in [0, 0.05) is 16.7 Å². The van der Waals surface area contributed by atoms with Crippen LogP contribution >= 0.6 is 34.5 Å². The Hall–Kier alpha value is -1.49. The standard InChI is InChI=1S/C18H17Cl2NO2S/c19-18(20)7-9-22-17-6-2-3-14-15(17)4-1-5-16(14)21-23-11-13-8-10-24-12-13/h2-3,6-8,10,12H,1,4-5,9,11H2/b21-16+. The average molecular weight is 382 g/mol. The summed E-state index contributed by atoms with van der Waals surface area (Å²) in [5, 5.41) is 8.46. The summed E-state index contributed by atoms with van der Waals surface area (Å²) in [6.07, 6.45) is 4.53. The Bertz CT molecular complexity index is 737. The fourth-order valence-electron chi connectivity index (χ4n) is 2.65. The molecule has 3 nitrogen and oxygen atoms in total. The Kier molecular flexibility index (Phi) is 6.18. The number of fused-ring (bicyclic) bond motifs is 1.